The number of ether oxygens (including phenoxy) is 6. The fourth-order valence-corrected chi connectivity index (χ4v) is 0. The molecule has 0 aliphatic heterocycles. The van der Waals surface area contributed by atoms with Crippen LogP contribution in [0, 0.1) is 0 Å². The Labute approximate surface area is 206 Å². The second-order valence-corrected chi connectivity index (χ2v) is 3.13. The highest BCUT2D eigenvalue weighted by Crippen LogP contribution is 1.53. The van der Waals surface area contributed by atoms with Crippen molar-refractivity contribution in [1.29, 1.82) is 0 Å². The quantitative estimate of drug-likeness (QED) is 0.339. The van der Waals surface area contributed by atoms with Crippen molar-refractivity contribution >= 4 is 0 Å². The Kier molecular flexibility index (Phi) is 361. The lowest BCUT2D eigenvalue weighted by atomic mass is 10.9. The molecule has 0 fully saturated rings. The summed E-state index contributed by atoms with van der Waals surface area (Å²) in [5.41, 5.74) is 0. The van der Waals surface area contributed by atoms with Crippen molar-refractivity contribution in [3.05, 3.63) is 0 Å². The predicted octanol–water partition coefficient (Wildman–Crippen LogP) is 2.71. The number of aliphatic hydroxyl groups excluding tert-OH is 4. The highest BCUT2D eigenvalue weighted by atomic mass is 16.6. The van der Waals surface area contributed by atoms with Crippen LogP contribution < -0.4 is 0 Å². The van der Waals surface area contributed by atoms with E-state index in [0.717, 1.165) is 19.8 Å². The SMILES string of the molecule is CC.CC.CC.CCOC.CCOC.CCOC.COCO.COCO.COCO.OCO. The first-order valence-electron chi connectivity index (χ1n) is 10.9. The topological polar surface area (TPSA) is 157 Å². The molecule has 0 saturated carbocycles. The normalized spacial score (nSPS) is 6.55. The average Bonchev–Trinajstić information content (AvgIpc) is 2.92. The van der Waals surface area contributed by atoms with Crippen molar-refractivity contribution in [3.8, 4) is 0 Å². The van der Waals surface area contributed by atoms with Gasteiger partial charge in [0.1, 0.15) is 27.2 Å². The highest BCUT2D eigenvalue weighted by Gasteiger charge is 1.53. The van der Waals surface area contributed by atoms with Crippen molar-refractivity contribution < 1.29 is 54.0 Å². The molecule has 0 aliphatic rings. The van der Waals surface area contributed by atoms with Crippen LogP contribution in [0.25, 0.3) is 0 Å². The van der Waals surface area contributed by atoms with Gasteiger partial charge in [-0.3, -0.25) is 0 Å². The molecule has 33 heavy (non-hydrogen) atoms. The Balaban J connectivity index is -0.0000000225. The zero-order valence-electron chi connectivity index (χ0n) is 24.6. The van der Waals surface area contributed by atoms with Crippen molar-refractivity contribution in [1.82, 2.24) is 0 Å². The van der Waals surface area contributed by atoms with Gasteiger partial charge in [0, 0.05) is 62.5 Å². The molecule has 0 radical (unpaired) electrons. The maximum Gasteiger partial charge on any atom is 0.143 e. The molecule has 0 aliphatic carbocycles. The van der Waals surface area contributed by atoms with E-state index in [1.165, 1.54) is 21.3 Å². The van der Waals surface area contributed by atoms with Crippen LogP contribution in [0.3, 0.4) is 0 Å². The summed E-state index contributed by atoms with van der Waals surface area (Å²) in [6.07, 6.45) is 0. The molecule has 5 N–H and O–H groups in total. The summed E-state index contributed by atoms with van der Waals surface area (Å²) < 4.78 is 25.9. The van der Waals surface area contributed by atoms with E-state index in [-0.39, 0.29) is 20.4 Å². The van der Waals surface area contributed by atoms with Crippen LogP contribution in [0.4, 0.5) is 0 Å². The van der Waals surface area contributed by atoms with Crippen LogP contribution in [-0.4, -0.2) is 115 Å². The first-order chi connectivity index (χ1) is 15.9. The van der Waals surface area contributed by atoms with Crippen molar-refractivity contribution in [2.45, 2.75) is 62.3 Å². The van der Waals surface area contributed by atoms with E-state index in [9.17, 15) is 0 Å². The van der Waals surface area contributed by atoms with E-state index >= 15 is 0 Å². The summed E-state index contributed by atoms with van der Waals surface area (Å²) >= 11 is 0. The molecule has 0 atom stereocenters. The molecule has 11 heteroatoms. The molecule has 0 saturated heterocycles. The van der Waals surface area contributed by atoms with Gasteiger partial charge >= 0.3 is 0 Å². The molecule has 0 amide bonds. The van der Waals surface area contributed by atoms with Gasteiger partial charge in [-0.15, -0.1) is 0 Å². The van der Waals surface area contributed by atoms with E-state index in [2.05, 4.69) is 28.4 Å². The van der Waals surface area contributed by atoms with Crippen LogP contribution in [0.15, 0.2) is 0 Å². The molecule has 0 aromatic rings. The maximum absolute atomic E-state index is 7.65. The zero-order chi connectivity index (χ0) is 29.2. The lowest BCUT2D eigenvalue weighted by Gasteiger charge is -1.76. The van der Waals surface area contributed by atoms with Crippen LogP contribution in [-0.2, 0) is 28.4 Å². The summed E-state index contributed by atoms with van der Waals surface area (Å²) in [7, 11) is 9.33. The lowest BCUT2D eigenvalue weighted by Crippen LogP contribution is -1.79. The summed E-state index contributed by atoms with van der Waals surface area (Å²) in [5.74, 6) is 0. The second kappa shape index (κ2) is 187. The summed E-state index contributed by atoms with van der Waals surface area (Å²) in [5, 5.41) is 37.2. The zero-order valence-corrected chi connectivity index (χ0v) is 24.6. The second-order valence-electron chi connectivity index (χ2n) is 3.13. The molecule has 0 bridgehead atoms. The maximum atomic E-state index is 7.65. The van der Waals surface area contributed by atoms with E-state index in [1.807, 2.05) is 62.3 Å². The molecule has 0 unspecified atom stereocenters. The van der Waals surface area contributed by atoms with Gasteiger partial charge in [0.2, 0.25) is 0 Å². The third-order valence-electron chi connectivity index (χ3n) is 1.25. The van der Waals surface area contributed by atoms with Crippen LogP contribution in [0.2, 0.25) is 0 Å². The third-order valence-corrected chi connectivity index (χ3v) is 1.25. The fourth-order valence-electron chi connectivity index (χ4n) is 0. The third kappa shape index (κ3) is 892. The number of aliphatic hydroxyl groups is 5. The Bertz CT molecular complexity index is 83.5. The van der Waals surface area contributed by atoms with Gasteiger partial charge in [-0.05, 0) is 20.8 Å². The van der Waals surface area contributed by atoms with Crippen LogP contribution in [0.5, 0.6) is 0 Å². The standard InChI is InChI=1S/3C3H8O.3C2H6O2.3C2H6.CH4O2/c3*1-3-4-2;3*1-4-2-3;3*1-2;2-1-3/h3*3H2,1-2H3;3*3H,2H2,1H3;3*1-2H3;2-3H,1H2. The Hall–Kier alpha value is -0.440. The largest absolute Gasteiger partial charge is 0.385 e. The first-order valence-corrected chi connectivity index (χ1v) is 10.9. The molecular weight excluding hydrogens is 440 g/mol. The molecule has 0 heterocycles. The number of hydrogen-bond donors (Lipinski definition) is 5. The van der Waals surface area contributed by atoms with Crippen LogP contribution >= 0.6 is 0 Å². The van der Waals surface area contributed by atoms with Gasteiger partial charge in [-0.1, -0.05) is 41.5 Å². The predicted molar refractivity (Wildman–Crippen MR) is 138 cm³/mol. The van der Waals surface area contributed by atoms with E-state index in [4.69, 9.17) is 25.5 Å². The van der Waals surface area contributed by atoms with Gasteiger partial charge in [-0.25, -0.2) is 0 Å². The Morgan fingerprint density at radius 3 is 0.424 bits per heavy atom. The first kappa shape index (κ1) is 63.7. The van der Waals surface area contributed by atoms with Gasteiger partial charge in [-0.2, -0.15) is 0 Å². The molecule has 0 aromatic heterocycles. The number of methoxy groups -OCH3 is 6. The van der Waals surface area contributed by atoms with Gasteiger partial charge in [0.05, 0.1) is 0 Å². The summed E-state index contributed by atoms with van der Waals surface area (Å²) in [6, 6.07) is 0. The molecule has 11 nitrogen and oxygen atoms in total. The van der Waals surface area contributed by atoms with E-state index in [0.29, 0.717) is 0 Å². The number of rotatable bonds is 6. The van der Waals surface area contributed by atoms with Crippen molar-refractivity contribution in [2.24, 2.45) is 0 Å². The van der Waals surface area contributed by atoms with Gasteiger partial charge in [0.25, 0.3) is 0 Å². The molecule has 218 valence electrons. The lowest BCUT2D eigenvalue weighted by molar-refractivity contribution is 0.0322. The highest BCUT2D eigenvalue weighted by molar-refractivity contribution is 3.95. The molecule has 0 aromatic carbocycles. The molecule has 0 rings (SSSR count). The fraction of sp³-hybridized carbons (Fsp3) is 1.00. The van der Waals surface area contributed by atoms with Crippen molar-refractivity contribution in [3.63, 3.8) is 0 Å². The Morgan fingerprint density at radius 1 is 0.364 bits per heavy atom. The van der Waals surface area contributed by atoms with E-state index < -0.39 is 6.79 Å². The minimum atomic E-state index is -0.750. The van der Waals surface area contributed by atoms with Crippen molar-refractivity contribution in [2.75, 3.05) is 89.7 Å². The Morgan fingerprint density at radius 2 is 0.424 bits per heavy atom. The molecule has 0 spiro atoms. The minimum Gasteiger partial charge on any atom is -0.385 e. The van der Waals surface area contributed by atoms with Gasteiger partial charge in [0.15, 0.2) is 0 Å². The minimum absolute atomic E-state index is 0.181. The smallest absolute Gasteiger partial charge is 0.143 e. The number of hydrogen-bond acceptors (Lipinski definition) is 11. The average molecular weight is 505 g/mol. The summed E-state index contributed by atoms with van der Waals surface area (Å²) in [6.45, 7) is 19.0. The molecular formula is C22H64O11. The van der Waals surface area contributed by atoms with Gasteiger partial charge < -0.3 is 54.0 Å². The van der Waals surface area contributed by atoms with Crippen LogP contribution in [0.1, 0.15) is 62.3 Å². The monoisotopic (exact) mass is 504 g/mol. The van der Waals surface area contributed by atoms with E-state index in [1.54, 1.807) is 21.3 Å². The summed E-state index contributed by atoms with van der Waals surface area (Å²) in [4.78, 5) is 0.